The van der Waals surface area contributed by atoms with E-state index in [1.807, 2.05) is 32.3 Å². The predicted molar refractivity (Wildman–Crippen MR) is 71.1 cm³/mol. The van der Waals surface area contributed by atoms with Crippen molar-refractivity contribution in [3.8, 4) is 0 Å². The van der Waals surface area contributed by atoms with E-state index >= 15 is 0 Å². The van der Waals surface area contributed by atoms with E-state index in [0.29, 0.717) is 5.02 Å². The Morgan fingerprint density at radius 2 is 2.24 bits per heavy atom. The van der Waals surface area contributed by atoms with Gasteiger partial charge in [-0.1, -0.05) is 28.9 Å². The highest BCUT2D eigenvalue weighted by atomic mass is 79.9. The van der Waals surface area contributed by atoms with E-state index in [4.69, 9.17) is 11.6 Å². The fourth-order valence-electron chi connectivity index (χ4n) is 1.77. The number of aromatic nitrogens is 3. The number of rotatable bonds is 3. The van der Waals surface area contributed by atoms with Gasteiger partial charge in [0.25, 0.3) is 0 Å². The van der Waals surface area contributed by atoms with E-state index in [1.54, 1.807) is 10.9 Å². The van der Waals surface area contributed by atoms with E-state index in [-0.39, 0.29) is 6.04 Å². The van der Waals surface area contributed by atoms with E-state index < -0.39 is 0 Å². The van der Waals surface area contributed by atoms with Crippen molar-refractivity contribution in [2.75, 3.05) is 7.05 Å². The third kappa shape index (κ3) is 2.36. The number of halogens is 2. The molecule has 1 aromatic heterocycles. The van der Waals surface area contributed by atoms with Crippen molar-refractivity contribution in [2.24, 2.45) is 7.05 Å². The van der Waals surface area contributed by atoms with Gasteiger partial charge >= 0.3 is 0 Å². The number of nitrogens with zero attached hydrogens (tertiary/aromatic N) is 3. The fraction of sp³-hybridized carbons (Fsp3) is 0.273. The van der Waals surface area contributed by atoms with Gasteiger partial charge < -0.3 is 5.32 Å². The molecule has 1 atom stereocenters. The first kappa shape index (κ1) is 12.5. The zero-order valence-corrected chi connectivity index (χ0v) is 11.8. The maximum absolute atomic E-state index is 6.30. The molecular formula is C11H12BrClN4. The van der Waals surface area contributed by atoms with E-state index in [0.717, 1.165) is 15.7 Å². The fourth-order valence-corrected chi connectivity index (χ4v) is 2.38. The summed E-state index contributed by atoms with van der Waals surface area (Å²) in [7, 11) is 3.74. The maximum Gasteiger partial charge on any atom is 0.0799 e. The zero-order valence-electron chi connectivity index (χ0n) is 9.48. The van der Waals surface area contributed by atoms with Crippen LogP contribution in [0.15, 0.2) is 28.9 Å². The van der Waals surface area contributed by atoms with Crippen molar-refractivity contribution >= 4 is 27.5 Å². The molecule has 90 valence electrons. The van der Waals surface area contributed by atoms with Crippen molar-refractivity contribution in [1.82, 2.24) is 20.3 Å². The van der Waals surface area contributed by atoms with E-state index in [1.165, 1.54) is 0 Å². The van der Waals surface area contributed by atoms with Gasteiger partial charge in [-0.3, -0.25) is 4.68 Å². The van der Waals surface area contributed by atoms with Crippen LogP contribution in [0.3, 0.4) is 0 Å². The molecule has 4 nitrogen and oxygen atoms in total. The summed E-state index contributed by atoms with van der Waals surface area (Å²) in [5, 5.41) is 11.7. The van der Waals surface area contributed by atoms with Crippen molar-refractivity contribution in [3.63, 3.8) is 0 Å². The Bertz CT molecular complexity index is 526. The Labute approximate surface area is 113 Å². The van der Waals surface area contributed by atoms with Crippen LogP contribution in [0.25, 0.3) is 0 Å². The first-order chi connectivity index (χ1) is 8.15. The normalized spacial score (nSPS) is 12.7. The van der Waals surface area contributed by atoms with Gasteiger partial charge in [0.05, 0.1) is 23.0 Å². The van der Waals surface area contributed by atoms with Crippen molar-refractivity contribution < 1.29 is 0 Å². The first-order valence-corrected chi connectivity index (χ1v) is 6.28. The molecule has 0 aliphatic rings. The molecule has 1 aromatic carbocycles. The van der Waals surface area contributed by atoms with Crippen LogP contribution in [0.2, 0.25) is 5.02 Å². The van der Waals surface area contributed by atoms with Gasteiger partial charge in [-0.25, -0.2) is 0 Å². The molecule has 0 radical (unpaired) electrons. The minimum atomic E-state index is -0.0278. The Kier molecular flexibility index (Phi) is 3.81. The number of hydrogen-bond acceptors (Lipinski definition) is 3. The van der Waals surface area contributed by atoms with E-state index in [9.17, 15) is 0 Å². The molecule has 2 aromatic rings. The van der Waals surface area contributed by atoms with Crippen LogP contribution in [0, 0.1) is 0 Å². The highest BCUT2D eigenvalue weighted by molar-refractivity contribution is 9.10. The quantitative estimate of drug-likeness (QED) is 0.946. The summed E-state index contributed by atoms with van der Waals surface area (Å²) in [6.07, 6.45) is 1.73. The summed E-state index contributed by atoms with van der Waals surface area (Å²) >= 11 is 9.73. The van der Waals surface area contributed by atoms with Crippen LogP contribution < -0.4 is 5.32 Å². The molecule has 17 heavy (non-hydrogen) atoms. The Morgan fingerprint density at radius 1 is 1.47 bits per heavy atom. The summed E-state index contributed by atoms with van der Waals surface area (Å²) in [5.41, 5.74) is 1.96. The van der Waals surface area contributed by atoms with Gasteiger partial charge in [0.1, 0.15) is 0 Å². The van der Waals surface area contributed by atoms with Crippen molar-refractivity contribution in [3.05, 3.63) is 45.1 Å². The Balaban J connectivity index is 2.50. The highest BCUT2D eigenvalue weighted by Gasteiger charge is 2.19. The number of nitrogens with one attached hydrogen (secondary N) is 1. The lowest BCUT2D eigenvalue weighted by Gasteiger charge is -2.18. The molecule has 1 N–H and O–H groups in total. The highest BCUT2D eigenvalue weighted by Crippen LogP contribution is 2.32. The summed E-state index contributed by atoms with van der Waals surface area (Å²) in [6.45, 7) is 0. The van der Waals surface area contributed by atoms with Crippen LogP contribution in [0.1, 0.15) is 17.3 Å². The van der Waals surface area contributed by atoms with Crippen molar-refractivity contribution in [1.29, 1.82) is 0 Å². The van der Waals surface area contributed by atoms with Gasteiger partial charge in [-0.2, -0.15) is 0 Å². The minimum Gasteiger partial charge on any atom is -0.308 e. The molecule has 1 heterocycles. The summed E-state index contributed by atoms with van der Waals surface area (Å²) < 4.78 is 2.62. The SMILES string of the molecule is CNC(c1cccc(Br)c1Cl)c1cnnn1C. The largest absolute Gasteiger partial charge is 0.308 e. The van der Waals surface area contributed by atoms with Gasteiger partial charge in [-0.05, 0) is 34.6 Å². The number of aryl methyl sites for hydroxylation is 1. The topological polar surface area (TPSA) is 42.7 Å². The maximum atomic E-state index is 6.30. The molecule has 0 saturated carbocycles. The van der Waals surface area contributed by atoms with Crippen molar-refractivity contribution in [2.45, 2.75) is 6.04 Å². The molecule has 0 fully saturated rings. The molecule has 6 heteroatoms. The molecule has 0 amide bonds. The van der Waals surface area contributed by atoms with Crippen LogP contribution in [0.5, 0.6) is 0 Å². The molecule has 0 aliphatic heterocycles. The Hall–Kier alpha value is -0.910. The molecule has 0 aliphatic carbocycles. The van der Waals surface area contributed by atoms with Crippen LogP contribution in [-0.4, -0.2) is 22.0 Å². The monoisotopic (exact) mass is 314 g/mol. The third-order valence-electron chi connectivity index (χ3n) is 2.63. The van der Waals surface area contributed by atoms with Gasteiger partial charge in [0.15, 0.2) is 0 Å². The molecule has 1 unspecified atom stereocenters. The standard InChI is InChI=1S/C11H12BrClN4/c1-14-11(9-6-15-16-17(9)2)7-4-3-5-8(12)10(7)13/h3-6,11,14H,1-2H3. The van der Waals surface area contributed by atoms with Gasteiger partial charge in [0.2, 0.25) is 0 Å². The average molecular weight is 316 g/mol. The molecular weight excluding hydrogens is 304 g/mol. The van der Waals surface area contributed by atoms with E-state index in [2.05, 4.69) is 31.6 Å². The lowest BCUT2D eigenvalue weighted by molar-refractivity contribution is 0.598. The minimum absolute atomic E-state index is 0.0278. The summed E-state index contributed by atoms with van der Waals surface area (Å²) in [4.78, 5) is 0. The zero-order chi connectivity index (χ0) is 12.4. The summed E-state index contributed by atoms with van der Waals surface area (Å²) in [6, 6.07) is 5.83. The van der Waals surface area contributed by atoms with Gasteiger partial charge in [0, 0.05) is 11.5 Å². The summed E-state index contributed by atoms with van der Waals surface area (Å²) in [5.74, 6) is 0. The van der Waals surface area contributed by atoms with Crippen LogP contribution >= 0.6 is 27.5 Å². The molecule has 0 bridgehead atoms. The lowest BCUT2D eigenvalue weighted by Crippen LogP contribution is -2.21. The average Bonchev–Trinajstić information content (AvgIpc) is 2.72. The van der Waals surface area contributed by atoms with Gasteiger partial charge in [-0.15, -0.1) is 5.10 Å². The molecule has 0 saturated heterocycles. The van der Waals surface area contributed by atoms with Crippen LogP contribution in [-0.2, 0) is 7.05 Å². The smallest absolute Gasteiger partial charge is 0.0799 e. The molecule has 0 spiro atoms. The second-order valence-electron chi connectivity index (χ2n) is 3.65. The number of hydrogen-bond donors (Lipinski definition) is 1. The Morgan fingerprint density at radius 3 is 2.82 bits per heavy atom. The first-order valence-electron chi connectivity index (χ1n) is 5.11. The lowest BCUT2D eigenvalue weighted by atomic mass is 10.0. The number of benzene rings is 1. The third-order valence-corrected chi connectivity index (χ3v) is 3.94. The van der Waals surface area contributed by atoms with Crippen LogP contribution in [0.4, 0.5) is 0 Å². The second-order valence-corrected chi connectivity index (χ2v) is 4.88. The second kappa shape index (κ2) is 5.16. The molecule has 2 rings (SSSR count). The predicted octanol–water partition coefficient (Wildman–Crippen LogP) is 2.54.